The second kappa shape index (κ2) is 7.44. The number of nitrogens with zero attached hydrogens (tertiary/aromatic N) is 3. The van der Waals surface area contributed by atoms with Crippen molar-refractivity contribution in [2.24, 2.45) is 5.92 Å². The molecule has 5 nitrogen and oxygen atoms in total. The molecule has 0 N–H and O–H groups in total. The molecule has 3 fully saturated rings. The molecule has 2 saturated heterocycles. The van der Waals surface area contributed by atoms with E-state index in [2.05, 4.69) is 17.1 Å². The first kappa shape index (κ1) is 17.0. The summed E-state index contributed by atoms with van der Waals surface area (Å²) in [5.74, 6) is 0.412. The average Bonchev–Trinajstić information content (AvgIpc) is 3.23. The van der Waals surface area contributed by atoms with Crippen molar-refractivity contribution in [2.45, 2.75) is 57.0 Å². The summed E-state index contributed by atoms with van der Waals surface area (Å²) in [4.78, 5) is 31.9. The summed E-state index contributed by atoms with van der Waals surface area (Å²) in [7, 11) is 0. The topological polar surface area (TPSA) is 55.2 Å². The summed E-state index contributed by atoms with van der Waals surface area (Å²) < 4.78 is 1.54. The van der Waals surface area contributed by atoms with Crippen molar-refractivity contribution in [1.82, 2.24) is 14.5 Å². The van der Waals surface area contributed by atoms with Gasteiger partial charge in [0.2, 0.25) is 5.91 Å². The molecule has 2 bridgehead atoms. The Labute approximate surface area is 154 Å². The molecule has 1 aromatic heterocycles. The van der Waals surface area contributed by atoms with Crippen LogP contribution in [0.4, 0.5) is 0 Å². The third-order valence-corrected chi connectivity index (χ3v) is 5.88. The summed E-state index contributed by atoms with van der Waals surface area (Å²) in [5.41, 5.74) is 1.26. The third kappa shape index (κ3) is 3.30. The van der Waals surface area contributed by atoms with Gasteiger partial charge in [-0.3, -0.25) is 14.2 Å². The number of hydrogen-bond donors (Lipinski definition) is 0. The smallest absolute Gasteiger partial charge is 0.254 e. The van der Waals surface area contributed by atoms with Gasteiger partial charge in [0, 0.05) is 24.9 Å². The van der Waals surface area contributed by atoms with Crippen molar-refractivity contribution in [2.75, 3.05) is 0 Å². The van der Waals surface area contributed by atoms with E-state index < -0.39 is 0 Å². The number of amides is 1. The highest BCUT2D eigenvalue weighted by Crippen LogP contribution is 2.40. The first-order chi connectivity index (χ1) is 12.7. The van der Waals surface area contributed by atoms with Crippen molar-refractivity contribution in [1.29, 1.82) is 0 Å². The van der Waals surface area contributed by atoms with Crippen LogP contribution in [0.25, 0.3) is 0 Å². The number of aromatic nitrogens is 2. The van der Waals surface area contributed by atoms with Gasteiger partial charge in [-0.25, -0.2) is 4.98 Å². The van der Waals surface area contributed by atoms with Gasteiger partial charge in [0.25, 0.3) is 5.91 Å². The van der Waals surface area contributed by atoms with E-state index in [1.807, 2.05) is 23.1 Å². The van der Waals surface area contributed by atoms with E-state index in [9.17, 15) is 9.59 Å². The van der Waals surface area contributed by atoms with Crippen LogP contribution in [0.5, 0.6) is 0 Å². The molecule has 1 amide bonds. The second-order valence-corrected chi connectivity index (χ2v) is 7.46. The van der Waals surface area contributed by atoms with Gasteiger partial charge in [0.15, 0.2) is 0 Å². The van der Waals surface area contributed by atoms with Crippen LogP contribution in [0.15, 0.2) is 49.1 Å². The highest BCUT2D eigenvalue weighted by molar-refractivity contribution is 5.90. The van der Waals surface area contributed by atoms with Crippen LogP contribution < -0.4 is 0 Å². The van der Waals surface area contributed by atoms with Gasteiger partial charge in [-0.2, -0.15) is 0 Å². The molecule has 136 valence electrons. The highest BCUT2D eigenvalue weighted by Gasteiger charge is 2.47. The van der Waals surface area contributed by atoms with Gasteiger partial charge < -0.3 is 4.90 Å². The number of imidazole rings is 1. The van der Waals surface area contributed by atoms with Crippen LogP contribution in [0.3, 0.4) is 0 Å². The Kier molecular flexibility index (Phi) is 4.87. The Hall–Kier alpha value is -2.43. The SMILES string of the molecule is O=C(CCCc1ccccc1)N1C2CCC(CC2)C1C(=O)n1ccnc1. The summed E-state index contributed by atoms with van der Waals surface area (Å²) in [6, 6.07) is 10.2. The minimum absolute atomic E-state index is 0.00620. The van der Waals surface area contributed by atoms with Crippen molar-refractivity contribution in [3.05, 3.63) is 54.6 Å². The van der Waals surface area contributed by atoms with Crippen LogP contribution >= 0.6 is 0 Å². The van der Waals surface area contributed by atoms with Crippen molar-refractivity contribution < 1.29 is 9.59 Å². The quantitative estimate of drug-likeness (QED) is 0.830. The standard InChI is InChI=1S/C21H25N3O2/c25-19(8-4-7-16-5-2-1-3-6-16)24-18-11-9-17(10-12-18)20(24)21(26)23-14-13-22-15-23/h1-3,5-6,13-15,17-18,20H,4,7-12H2. The van der Waals surface area contributed by atoms with Crippen LogP contribution in [-0.2, 0) is 11.2 Å². The zero-order valence-electron chi connectivity index (χ0n) is 15.0. The van der Waals surface area contributed by atoms with Gasteiger partial charge >= 0.3 is 0 Å². The van der Waals surface area contributed by atoms with Gasteiger partial charge in [-0.05, 0) is 50.0 Å². The lowest BCUT2D eigenvalue weighted by Crippen LogP contribution is -2.61. The van der Waals surface area contributed by atoms with Crippen LogP contribution in [0, 0.1) is 5.92 Å². The Morgan fingerprint density at radius 2 is 1.85 bits per heavy atom. The molecule has 0 spiro atoms. The molecule has 3 aliphatic rings. The van der Waals surface area contributed by atoms with E-state index in [1.165, 1.54) is 10.1 Å². The summed E-state index contributed by atoms with van der Waals surface area (Å²) in [5, 5.41) is 0. The number of piperidine rings is 2. The number of aryl methyl sites for hydroxylation is 1. The monoisotopic (exact) mass is 351 g/mol. The Bertz CT molecular complexity index is 749. The molecule has 2 aliphatic heterocycles. The molecule has 1 aliphatic carbocycles. The molecule has 26 heavy (non-hydrogen) atoms. The lowest BCUT2D eigenvalue weighted by atomic mass is 9.74. The fourth-order valence-electron chi connectivity index (χ4n) is 4.59. The Balaban J connectivity index is 1.45. The van der Waals surface area contributed by atoms with E-state index in [-0.39, 0.29) is 29.8 Å². The number of carbonyl (C=O) groups is 2. The minimum Gasteiger partial charge on any atom is -0.327 e. The minimum atomic E-state index is -0.319. The largest absolute Gasteiger partial charge is 0.327 e. The molecule has 1 atom stereocenters. The van der Waals surface area contributed by atoms with Gasteiger partial charge in [-0.15, -0.1) is 0 Å². The first-order valence-corrected chi connectivity index (χ1v) is 9.61. The van der Waals surface area contributed by atoms with E-state index in [1.54, 1.807) is 18.7 Å². The van der Waals surface area contributed by atoms with E-state index >= 15 is 0 Å². The molecule has 1 unspecified atom stereocenters. The van der Waals surface area contributed by atoms with Crippen molar-refractivity contribution in [3.8, 4) is 0 Å². The predicted octanol–water partition coefficient (Wildman–Crippen LogP) is 3.32. The first-order valence-electron chi connectivity index (χ1n) is 9.61. The van der Waals surface area contributed by atoms with Crippen LogP contribution in [-0.4, -0.2) is 38.3 Å². The molecule has 1 saturated carbocycles. The van der Waals surface area contributed by atoms with Crippen molar-refractivity contribution >= 4 is 11.8 Å². The summed E-state index contributed by atoms with van der Waals surface area (Å²) in [6.45, 7) is 0. The summed E-state index contributed by atoms with van der Waals surface area (Å²) >= 11 is 0. The lowest BCUT2D eigenvalue weighted by molar-refractivity contribution is -0.142. The maximum atomic E-state index is 13.0. The van der Waals surface area contributed by atoms with Crippen LogP contribution in [0.2, 0.25) is 0 Å². The fraction of sp³-hybridized carbons (Fsp3) is 0.476. The molecular formula is C21H25N3O2. The second-order valence-electron chi connectivity index (χ2n) is 7.46. The number of fused-ring (bicyclic) bond motifs is 3. The van der Waals surface area contributed by atoms with Crippen molar-refractivity contribution in [3.63, 3.8) is 0 Å². The highest BCUT2D eigenvalue weighted by atomic mass is 16.2. The third-order valence-electron chi connectivity index (χ3n) is 5.88. The molecule has 5 heteroatoms. The average molecular weight is 351 g/mol. The maximum absolute atomic E-state index is 13.0. The number of carbonyl (C=O) groups excluding carboxylic acids is 2. The number of hydrogen-bond acceptors (Lipinski definition) is 3. The zero-order valence-corrected chi connectivity index (χ0v) is 15.0. The number of rotatable bonds is 5. The molecule has 1 aromatic carbocycles. The molecule has 2 aromatic rings. The molecule has 5 rings (SSSR count). The Morgan fingerprint density at radius 1 is 1.08 bits per heavy atom. The van der Waals surface area contributed by atoms with Gasteiger partial charge in [0.05, 0.1) is 0 Å². The van der Waals surface area contributed by atoms with Crippen LogP contribution in [0.1, 0.15) is 48.9 Å². The lowest BCUT2D eigenvalue weighted by Gasteiger charge is -2.50. The Morgan fingerprint density at radius 3 is 2.54 bits per heavy atom. The summed E-state index contributed by atoms with van der Waals surface area (Å²) in [6.07, 6.45) is 11.2. The van der Waals surface area contributed by atoms with E-state index in [0.717, 1.165) is 38.5 Å². The fourth-order valence-corrected chi connectivity index (χ4v) is 4.59. The van der Waals surface area contributed by atoms with Gasteiger partial charge in [-0.1, -0.05) is 30.3 Å². The normalized spacial score (nSPS) is 24.6. The number of benzene rings is 1. The molecular weight excluding hydrogens is 326 g/mol. The molecule has 0 radical (unpaired) electrons. The van der Waals surface area contributed by atoms with Gasteiger partial charge in [0.1, 0.15) is 12.4 Å². The van der Waals surface area contributed by atoms with E-state index in [4.69, 9.17) is 0 Å². The predicted molar refractivity (Wildman–Crippen MR) is 98.6 cm³/mol. The zero-order chi connectivity index (χ0) is 17.9. The van der Waals surface area contributed by atoms with E-state index in [0.29, 0.717) is 6.42 Å². The molecule has 3 heterocycles. The maximum Gasteiger partial charge on any atom is 0.254 e.